The number of carbonyl (C=O) groups is 1. The van der Waals surface area contributed by atoms with Crippen LogP contribution in [0.2, 0.25) is 0 Å². The van der Waals surface area contributed by atoms with Gasteiger partial charge in [0.2, 0.25) is 6.79 Å². The zero-order chi connectivity index (χ0) is 13.2. The lowest BCUT2D eigenvalue weighted by Gasteiger charge is -2.13. The molecule has 4 nitrogen and oxygen atoms in total. The normalized spacial score (nSPS) is 14.2. The molecule has 1 aromatic rings. The molecule has 0 aliphatic carbocycles. The van der Waals surface area contributed by atoms with E-state index in [4.69, 9.17) is 9.47 Å². The number of hydrogen-bond acceptors (Lipinski definition) is 4. The van der Waals surface area contributed by atoms with Gasteiger partial charge < -0.3 is 14.6 Å². The second-order valence-electron chi connectivity index (χ2n) is 4.90. The number of ketones is 1. The summed E-state index contributed by atoms with van der Waals surface area (Å²) < 4.78 is 10.4. The zero-order valence-electron chi connectivity index (χ0n) is 10.5. The van der Waals surface area contributed by atoms with Crippen LogP contribution in [0.3, 0.4) is 0 Å². The fraction of sp³-hybridized carbons (Fsp3) is 0.357. The highest BCUT2D eigenvalue weighted by molar-refractivity contribution is 5.94. The Morgan fingerprint density at radius 3 is 2.83 bits per heavy atom. The molecule has 18 heavy (non-hydrogen) atoms. The van der Waals surface area contributed by atoms with E-state index in [1.54, 1.807) is 19.9 Å². The van der Waals surface area contributed by atoms with Crippen molar-refractivity contribution in [1.29, 1.82) is 0 Å². The Hall–Kier alpha value is -1.81. The van der Waals surface area contributed by atoms with Gasteiger partial charge >= 0.3 is 0 Å². The predicted octanol–water partition coefficient (Wildman–Crippen LogP) is 2.16. The Morgan fingerprint density at radius 1 is 1.39 bits per heavy atom. The molecule has 0 bridgehead atoms. The number of carbonyl (C=O) groups excluding carboxylic acids is 1. The van der Waals surface area contributed by atoms with Crippen molar-refractivity contribution in [1.82, 2.24) is 0 Å². The summed E-state index contributed by atoms with van der Waals surface area (Å²) in [7, 11) is 0. The minimum absolute atomic E-state index is 0.105. The summed E-state index contributed by atoms with van der Waals surface area (Å²) in [5, 5.41) is 9.52. The van der Waals surface area contributed by atoms with E-state index in [-0.39, 0.29) is 19.0 Å². The molecule has 1 N–H and O–H groups in total. The molecule has 0 aromatic heterocycles. The van der Waals surface area contributed by atoms with Crippen LogP contribution in [0.25, 0.3) is 6.08 Å². The van der Waals surface area contributed by atoms with Crippen LogP contribution in [0.5, 0.6) is 11.5 Å². The summed E-state index contributed by atoms with van der Waals surface area (Å²) in [5.74, 6) is 1.29. The Labute approximate surface area is 106 Å². The van der Waals surface area contributed by atoms with E-state index in [1.807, 2.05) is 18.2 Å². The highest BCUT2D eigenvalue weighted by atomic mass is 16.7. The molecule has 0 saturated carbocycles. The third kappa shape index (κ3) is 3.34. The number of aliphatic hydroxyl groups is 1. The molecule has 0 saturated heterocycles. The number of rotatable bonds is 4. The van der Waals surface area contributed by atoms with Crippen molar-refractivity contribution in [3.8, 4) is 11.5 Å². The fourth-order valence-corrected chi connectivity index (χ4v) is 1.69. The van der Waals surface area contributed by atoms with E-state index in [9.17, 15) is 9.90 Å². The second kappa shape index (κ2) is 4.82. The van der Waals surface area contributed by atoms with Crippen molar-refractivity contribution in [2.45, 2.75) is 25.9 Å². The van der Waals surface area contributed by atoms with E-state index in [1.165, 1.54) is 6.08 Å². The van der Waals surface area contributed by atoms with E-state index < -0.39 is 5.60 Å². The van der Waals surface area contributed by atoms with Crippen molar-refractivity contribution in [3.63, 3.8) is 0 Å². The van der Waals surface area contributed by atoms with Gasteiger partial charge in [0.05, 0.1) is 5.60 Å². The van der Waals surface area contributed by atoms with Gasteiger partial charge in [-0.3, -0.25) is 4.79 Å². The van der Waals surface area contributed by atoms with E-state index >= 15 is 0 Å². The lowest BCUT2D eigenvalue weighted by Crippen LogP contribution is -2.22. The monoisotopic (exact) mass is 248 g/mol. The molecule has 0 amide bonds. The van der Waals surface area contributed by atoms with Crippen LogP contribution in [0.15, 0.2) is 24.3 Å². The van der Waals surface area contributed by atoms with Crippen molar-refractivity contribution in [2.24, 2.45) is 0 Å². The average molecular weight is 248 g/mol. The topological polar surface area (TPSA) is 55.8 Å². The van der Waals surface area contributed by atoms with Crippen molar-refractivity contribution >= 4 is 11.9 Å². The van der Waals surface area contributed by atoms with Gasteiger partial charge in [-0.05, 0) is 37.6 Å². The second-order valence-corrected chi connectivity index (χ2v) is 4.90. The van der Waals surface area contributed by atoms with Crippen LogP contribution in [-0.4, -0.2) is 23.3 Å². The zero-order valence-corrected chi connectivity index (χ0v) is 10.5. The van der Waals surface area contributed by atoms with Gasteiger partial charge in [-0.1, -0.05) is 12.1 Å². The predicted molar refractivity (Wildman–Crippen MR) is 67.5 cm³/mol. The Bertz CT molecular complexity index is 483. The molecule has 1 aliphatic heterocycles. The quantitative estimate of drug-likeness (QED) is 0.829. The maximum absolute atomic E-state index is 11.6. The summed E-state index contributed by atoms with van der Waals surface area (Å²) in [6.07, 6.45) is 3.28. The molecule has 4 heteroatoms. The summed E-state index contributed by atoms with van der Waals surface area (Å²) in [6, 6.07) is 5.47. The van der Waals surface area contributed by atoms with Gasteiger partial charge in [0.15, 0.2) is 17.3 Å². The fourth-order valence-electron chi connectivity index (χ4n) is 1.69. The van der Waals surface area contributed by atoms with Crippen LogP contribution in [0, 0.1) is 0 Å². The van der Waals surface area contributed by atoms with Crippen LogP contribution in [-0.2, 0) is 4.79 Å². The van der Waals surface area contributed by atoms with Gasteiger partial charge in [0.1, 0.15) is 0 Å². The Balaban J connectivity index is 2.03. The molecule has 0 fully saturated rings. The van der Waals surface area contributed by atoms with Crippen molar-refractivity contribution in [2.75, 3.05) is 6.79 Å². The molecule has 1 aromatic carbocycles. The molecule has 0 atom stereocenters. The maximum atomic E-state index is 11.6. The highest BCUT2D eigenvalue weighted by Crippen LogP contribution is 2.32. The summed E-state index contributed by atoms with van der Waals surface area (Å²) in [4.78, 5) is 11.6. The van der Waals surface area contributed by atoms with Gasteiger partial charge in [-0.2, -0.15) is 0 Å². The molecule has 0 radical (unpaired) electrons. The first-order chi connectivity index (χ1) is 8.44. The van der Waals surface area contributed by atoms with Crippen LogP contribution < -0.4 is 9.47 Å². The summed E-state index contributed by atoms with van der Waals surface area (Å²) in [5.41, 5.74) is -0.112. The number of allylic oxidation sites excluding steroid dienone is 1. The Morgan fingerprint density at radius 2 is 2.11 bits per heavy atom. The molecule has 1 heterocycles. The first kappa shape index (κ1) is 12.6. The van der Waals surface area contributed by atoms with Crippen molar-refractivity contribution < 1.29 is 19.4 Å². The summed E-state index contributed by atoms with van der Waals surface area (Å²) in [6.45, 7) is 3.46. The first-order valence-electron chi connectivity index (χ1n) is 5.77. The molecule has 2 rings (SSSR count). The first-order valence-corrected chi connectivity index (χ1v) is 5.77. The SMILES string of the molecule is CC(C)(O)CC(=O)/C=C\c1ccc2c(c1)OCO2. The number of ether oxygens (including phenoxy) is 2. The van der Waals surface area contributed by atoms with Crippen molar-refractivity contribution in [3.05, 3.63) is 29.8 Å². The van der Waals surface area contributed by atoms with Crippen LogP contribution >= 0.6 is 0 Å². The molecule has 0 spiro atoms. The molecule has 1 aliphatic rings. The Kier molecular flexibility index (Phi) is 3.39. The molecular weight excluding hydrogens is 232 g/mol. The number of hydrogen-bond donors (Lipinski definition) is 1. The highest BCUT2D eigenvalue weighted by Gasteiger charge is 2.16. The van der Waals surface area contributed by atoms with Gasteiger partial charge in [0.25, 0.3) is 0 Å². The minimum atomic E-state index is -0.976. The lowest BCUT2D eigenvalue weighted by molar-refractivity contribution is -0.118. The molecule has 96 valence electrons. The number of fused-ring (bicyclic) bond motifs is 1. The third-order valence-electron chi connectivity index (χ3n) is 2.47. The van der Waals surface area contributed by atoms with E-state index in [2.05, 4.69) is 0 Å². The largest absolute Gasteiger partial charge is 0.454 e. The smallest absolute Gasteiger partial charge is 0.231 e. The van der Waals surface area contributed by atoms with E-state index in [0.29, 0.717) is 5.75 Å². The van der Waals surface area contributed by atoms with Crippen LogP contribution in [0.1, 0.15) is 25.8 Å². The van der Waals surface area contributed by atoms with Gasteiger partial charge in [-0.25, -0.2) is 0 Å². The molecule has 0 unspecified atom stereocenters. The maximum Gasteiger partial charge on any atom is 0.231 e. The van der Waals surface area contributed by atoms with Gasteiger partial charge in [-0.15, -0.1) is 0 Å². The van der Waals surface area contributed by atoms with Crippen LogP contribution in [0.4, 0.5) is 0 Å². The number of benzene rings is 1. The minimum Gasteiger partial charge on any atom is -0.454 e. The van der Waals surface area contributed by atoms with E-state index in [0.717, 1.165) is 11.3 Å². The van der Waals surface area contributed by atoms with Gasteiger partial charge in [0, 0.05) is 6.42 Å². The summed E-state index contributed by atoms with van der Waals surface area (Å²) >= 11 is 0. The lowest BCUT2D eigenvalue weighted by atomic mass is 10.0. The third-order valence-corrected chi connectivity index (χ3v) is 2.47. The molecular formula is C14H16O4. The average Bonchev–Trinajstić information content (AvgIpc) is 2.71. The standard InChI is InChI=1S/C14H16O4/c1-14(2,16)8-11(15)5-3-10-4-6-12-13(7-10)18-9-17-12/h3-7,16H,8-9H2,1-2H3/b5-3-.